The van der Waals surface area contributed by atoms with E-state index in [0.29, 0.717) is 5.84 Å². The fraction of sp³-hybridized carbons (Fsp3) is 0.571. The van der Waals surface area contributed by atoms with Gasteiger partial charge in [0.25, 0.3) is 0 Å². The van der Waals surface area contributed by atoms with E-state index in [1.165, 1.54) is 25.7 Å². The molecular formula is C21H33N3OS. The molecule has 0 saturated heterocycles. The maximum Gasteiger partial charge on any atom is 0.130 e. The molecule has 5 heteroatoms. The molecule has 0 radical (unpaired) electrons. The standard InChI is InChI=1S/C21H33N3OS/c1-5-8-18(21(26-4)13-6-7-14-21)23-19(22)16-9-11-17(12-10-16)24-20(2,3)15-25/h8-12,24-25H,5-7,13-15H2,1-4H3,(H2,22,23)/b18-8-. The van der Waals surface area contributed by atoms with Crippen LogP contribution >= 0.6 is 11.8 Å². The average Bonchev–Trinajstić information content (AvgIpc) is 3.12. The molecule has 1 aliphatic carbocycles. The molecule has 0 spiro atoms. The van der Waals surface area contributed by atoms with Crippen LogP contribution in [0.2, 0.25) is 0 Å². The number of hydrogen-bond donors (Lipinski definition) is 3. The van der Waals surface area contributed by atoms with Crippen molar-refractivity contribution in [1.82, 2.24) is 0 Å². The summed E-state index contributed by atoms with van der Waals surface area (Å²) in [5.41, 5.74) is 9.01. The molecule has 0 aromatic heterocycles. The van der Waals surface area contributed by atoms with Crippen LogP contribution < -0.4 is 11.1 Å². The van der Waals surface area contributed by atoms with Gasteiger partial charge in [-0.15, -0.1) is 0 Å². The lowest BCUT2D eigenvalue weighted by Crippen LogP contribution is -2.34. The van der Waals surface area contributed by atoms with Crippen LogP contribution in [0.5, 0.6) is 0 Å². The van der Waals surface area contributed by atoms with Gasteiger partial charge in [-0.3, -0.25) is 0 Å². The van der Waals surface area contributed by atoms with Gasteiger partial charge in [-0.25, -0.2) is 4.99 Å². The predicted molar refractivity (Wildman–Crippen MR) is 115 cm³/mol. The van der Waals surface area contributed by atoms with Crippen LogP contribution in [0, 0.1) is 0 Å². The first-order valence-electron chi connectivity index (χ1n) is 9.45. The van der Waals surface area contributed by atoms with E-state index in [0.717, 1.165) is 23.4 Å². The van der Waals surface area contributed by atoms with E-state index in [1.54, 1.807) is 0 Å². The quantitative estimate of drug-likeness (QED) is 0.461. The van der Waals surface area contributed by atoms with Crippen molar-refractivity contribution < 1.29 is 5.11 Å². The van der Waals surface area contributed by atoms with E-state index in [9.17, 15) is 5.11 Å². The zero-order valence-electron chi connectivity index (χ0n) is 16.5. The highest BCUT2D eigenvalue weighted by molar-refractivity contribution is 8.00. The number of amidine groups is 1. The molecule has 0 aliphatic heterocycles. The van der Waals surface area contributed by atoms with Gasteiger partial charge in [0, 0.05) is 11.3 Å². The Morgan fingerprint density at radius 1 is 1.31 bits per heavy atom. The van der Waals surface area contributed by atoms with Crippen LogP contribution in [-0.4, -0.2) is 34.1 Å². The number of nitrogens with zero attached hydrogens (tertiary/aromatic N) is 1. The molecule has 2 rings (SSSR count). The fourth-order valence-corrected chi connectivity index (χ4v) is 4.42. The first-order chi connectivity index (χ1) is 12.4. The summed E-state index contributed by atoms with van der Waals surface area (Å²) in [6.45, 7) is 6.14. The number of aliphatic imine (C=N–C) groups is 1. The monoisotopic (exact) mass is 375 g/mol. The summed E-state index contributed by atoms with van der Waals surface area (Å²) in [7, 11) is 0. The molecule has 26 heavy (non-hydrogen) atoms. The summed E-state index contributed by atoms with van der Waals surface area (Å²) >= 11 is 1.91. The normalized spacial score (nSPS) is 18.2. The van der Waals surface area contributed by atoms with Gasteiger partial charge in [-0.2, -0.15) is 11.8 Å². The number of nitrogens with two attached hydrogens (primary N) is 1. The third kappa shape index (κ3) is 5.04. The fourth-order valence-electron chi connectivity index (χ4n) is 3.39. The third-order valence-corrected chi connectivity index (χ3v) is 6.36. The average molecular weight is 376 g/mol. The van der Waals surface area contributed by atoms with Crippen LogP contribution in [0.3, 0.4) is 0 Å². The van der Waals surface area contributed by atoms with Crippen molar-refractivity contribution in [2.45, 2.75) is 63.2 Å². The number of aliphatic hydroxyl groups excluding tert-OH is 1. The van der Waals surface area contributed by atoms with Crippen molar-refractivity contribution in [3.8, 4) is 0 Å². The van der Waals surface area contributed by atoms with E-state index in [1.807, 2.05) is 49.9 Å². The van der Waals surface area contributed by atoms with Crippen molar-refractivity contribution in [3.63, 3.8) is 0 Å². The Labute approximate surface area is 162 Å². The van der Waals surface area contributed by atoms with Gasteiger partial charge < -0.3 is 16.2 Å². The predicted octanol–water partition coefficient (Wildman–Crippen LogP) is 4.54. The van der Waals surface area contributed by atoms with Crippen LogP contribution in [0.4, 0.5) is 5.69 Å². The molecule has 0 unspecified atom stereocenters. The molecule has 0 amide bonds. The van der Waals surface area contributed by atoms with E-state index >= 15 is 0 Å². The Kier molecular flexibility index (Phi) is 7.18. The molecule has 4 N–H and O–H groups in total. The highest BCUT2D eigenvalue weighted by Gasteiger charge is 2.36. The maximum atomic E-state index is 9.39. The topological polar surface area (TPSA) is 70.6 Å². The van der Waals surface area contributed by atoms with Crippen LogP contribution in [0.1, 0.15) is 58.4 Å². The Hall–Kier alpha value is -1.46. The van der Waals surface area contributed by atoms with Crippen molar-refractivity contribution in [2.24, 2.45) is 10.7 Å². The molecular weight excluding hydrogens is 342 g/mol. The molecule has 1 aromatic rings. The molecule has 144 valence electrons. The number of allylic oxidation sites excluding steroid dienone is 1. The lowest BCUT2D eigenvalue weighted by molar-refractivity contribution is 0.234. The van der Waals surface area contributed by atoms with Crippen molar-refractivity contribution in [1.29, 1.82) is 0 Å². The zero-order chi connectivity index (χ0) is 19.2. The number of anilines is 1. The summed E-state index contributed by atoms with van der Waals surface area (Å²) in [4.78, 5) is 4.86. The first kappa shape index (κ1) is 20.8. The summed E-state index contributed by atoms with van der Waals surface area (Å²) in [5, 5.41) is 12.7. The number of thioether (sulfide) groups is 1. The maximum absolute atomic E-state index is 9.39. The van der Waals surface area contributed by atoms with E-state index in [4.69, 9.17) is 10.7 Å². The Balaban J connectivity index is 2.22. The van der Waals surface area contributed by atoms with Gasteiger partial charge in [0.05, 0.1) is 22.6 Å². The molecule has 0 heterocycles. The Bertz CT molecular complexity index is 644. The lowest BCUT2D eigenvalue weighted by atomic mass is 10.0. The van der Waals surface area contributed by atoms with Gasteiger partial charge in [-0.1, -0.05) is 25.8 Å². The minimum atomic E-state index is -0.356. The van der Waals surface area contributed by atoms with Gasteiger partial charge in [0.1, 0.15) is 5.84 Å². The molecule has 0 bridgehead atoms. The molecule has 1 aromatic carbocycles. The molecule has 0 atom stereocenters. The minimum absolute atomic E-state index is 0.0697. The number of rotatable bonds is 8. The summed E-state index contributed by atoms with van der Waals surface area (Å²) in [6.07, 6.45) is 10.3. The van der Waals surface area contributed by atoms with Gasteiger partial charge in [-0.05, 0) is 63.6 Å². The highest BCUT2D eigenvalue weighted by atomic mass is 32.2. The van der Waals surface area contributed by atoms with Gasteiger partial charge >= 0.3 is 0 Å². The summed E-state index contributed by atoms with van der Waals surface area (Å²) < 4.78 is 0.118. The largest absolute Gasteiger partial charge is 0.394 e. The van der Waals surface area contributed by atoms with Crippen molar-refractivity contribution in [3.05, 3.63) is 41.6 Å². The van der Waals surface area contributed by atoms with E-state index in [2.05, 4.69) is 24.6 Å². The zero-order valence-corrected chi connectivity index (χ0v) is 17.3. The summed E-state index contributed by atoms with van der Waals surface area (Å²) in [6, 6.07) is 7.94. The smallest absolute Gasteiger partial charge is 0.130 e. The molecule has 1 saturated carbocycles. The second-order valence-corrected chi connectivity index (χ2v) is 8.83. The molecule has 4 nitrogen and oxygen atoms in total. The lowest BCUT2D eigenvalue weighted by Gasteiger charge is -2.28. The van der Waals surface area contributed by atoms with Crippen LogP contribution in [0.25, 0.3) is 0 Å². The van der Waals surface area contributed by atoms with E-state index in [-0.39, 0.29) is 16.9 Å². The second-order valence-electron chi connectivity index (χ2n) is 7.64. The Morgan fingerprint density at radius 3 is 2.42 bits per heavy atom. The third-order valence-electron chi connectivity index (χ3n) is 4.97. The molecule has 1 fully saturated rings. The summed E-state index contributed by atoms with van der Waals surface area (Å²) in [5.74, 6) is 0.568. The van der Waals surface area contributed by atoms with Crippen LogP contribution in [-0.2, 0) is 0 Å². The highest BCUT2D eigenvalue weighted by Crippen LogP contribution is 2.46. The van der Waals surface area contributed by atoms with Gasteiger partial charge in [0.2, 0.25) is 0 Å². The van der Waals surface area contributed by atoms with Gasteiger partial charge in [0.15, 0.2) is 0 Å². The number of nitrogens with one attached hydrogen (secondary N) is 1. The van der Waals surface area contributed by atoms with Crippen molar-refractivity contribution in [2.75, 3.05) is 18.2 Å². The molecule has 1 aliphatic rings. The van der Waals surface area contributed by atoms with Crippen molar-refractivity contribution >= 4 is 23.3 Å². The minimum Gasteiger partial charge on any atom is -0.394 e. The SMILES string of the molecule is CC/C=C(\N=C(N)c1ccc(NC(C)(C)CO)cc1)C1(SC)CCCC1. The second kappa shape index (κ2) is 8.96. The van der Waals surface area contributed by atoms with E-state index < -0.39 is 0 Å². The Morgan fingerprint density at radius 2 is 1.92 bits per heavy atom. The number of hydrogen-bond acceptors (Lipinski definition) is 4. The van der Waals surface area contributed by atoms with Crippen LogP contribution in [0.15, 0.2) is 41.0 Å². The number of aliphatic hydroxyl groups is 1. The first-order valence-corrected chi connectivity index (χ1v) is 10.7. The number of benzene rings is 1.